The number of carbonyl (C=O) groups is 4. The summed E-state index contributed by atoms with van der Waals surface area (Å²) in [5.41, 5.74) is -1.99. The quantitative estimate of drug-likeness (QED) is 0.180. The molecular formula is C40H49F3N8O5S. The molecule has 1 unspecified atom stereocenters. The van der Waals surface area contributed by atoms with Crippen LogP contribution < -0.4 is 15.5 Å². The third kappa shape index (κ3) is 9.30. The minimum absolute atomic E-state index is 0.00936. The molecular weight excluding hydrogens is 762 g/mol. The summed E-state index contributed by atoms with van der Waals surface area (Å²) in [5.74, 6) is -1.22. The van der Waals surface area contributed by atoms with E-state index in [1.807, 2.05) is 4.90 Å². The SMILES string of the molecule is C[C@@H]1CN(CCCOC2CCC(N3C(=S)N(c4ccc(C#N)c(C(F)(F)F)c4)C(=O)C3(C)C)CC2)C[C@H](C)N1CC(=O)Nc1ccc(C2CCC(=O)NC2=O)cn1. The molecule has 4 amide bonds. The number of nitrogens with one attached hydrogen (secondary N) is 2. The summed E-state index contributed by atoms with van der Waals surface area (Å²) in [6.07, 6.45) is 1.37. The minimum atomic E-state index is -4.76. The second-order valence-electron chi connectivity index (χ2n) is 16.0. The summed E-state index contributed by atoms with van der Waals surface area (Å²) >= 11 is 5.73. The topological polar surface area (TPSA) is 151 Å². The number of hydrogen-bond acceptors (Lipinski definition) is 10. The zero-order valence-corrected chi connectivity index (χ0v) is 33.4. The largest absolute Gasteiger partial charge is 0.417 e. The van der Waals surface area contributed by atoms with Crippen LogP contribution in [0.1, 0.15) is 95.2 Å². The van der Waals surface area contributed by atoms with Crippen molar-refractivity contribution in [3.8, 4) is 6.07 Å². The number of imide groups is 1. The monoisotopic (exact) mass is 810 g/mol. The van der Waals surface area contributed by atoms with Gasteiger partial charge in [-0.25, -0.2) is 4.98 Å². The lowest BCUT2D eigenvalue weighted by molar-refractivity contribution is -0.138. The number of benzene rings is 1. The minimum Gasteiger partial charge on any atom is -0.378 e. The van der Waals surface area contributed by atoms with Gasteiger partial charge in [-0.1, -0.05) is 6.07 Å². The Bertz CT molecular complexity index is 1900. The maximum absolute atomic E-state index is 13.7. The summed E-state index contributed by atoms with van der Waals surface area (Å²) in [7, 11) is 0. The number of aromatic nitrogens is 1. The molecule has 1 saturated carbocycles. The molecule has 57 heavy (non-hydrogen) atoms. The molecule has 3 atom stereocenters. The number of thiocarbonyl (C=S) groups is 1. The van der Waals surface area contributed by atoms with Crippen LogP contribution >= 0.6 is 12.2 Å². The van der Waals surface area contributed by atoms with Crippen molar-refractivity contribution in [2.24, 2.45) is 0 Å². The Balaban J connectivity index is 0.918. The number of anilines is 2. The van der Waals surface area contributed by atoms with Gasteiger partial charge in [0.15, 0.2) is 5.11 Å². The molecule has 1 aromatic carbocycles. The van der Waals surface area contributed by atoms with Crippen LogP contribution in [0, 0.1) is 11.3 Å². The van der Waals surface area contributed by atoms with E-state index in [4.69, 9.17) is 17.0 Å². The maximum atomic E-state index is 13.7. The van der Waals surface area contributed by atoms with Crippen LogP contribution in [0.3, 0.4) is 0 Å². The van der Waals surface area contributed by atoms with Crippen molar-refractivity contribution in [2.45, 2.75) is 115 Å². The number of ether oxygens (including phenoxy) is 1. The third-order valence-corrected chi connectivity index (χ3v) is 12.0. The number of hydrogen-bond donors (Lipinski definition) is 2. The van der Waals surface area contributed by atoms with Gasteiger partial charge in [0.2, 0.25) is 17.7 Å². The van der Waals surface area contributed by atoms with Crippen LogP contribution in [-0.2, 0) is 30.1 Å². The Morgan fingerprint density at radius 3 is 2.39 bits per heavy atom. The highest BCUT2D eigenvalue weighted by Gasteiger charge is 2.52. The van der Waals surface area contributed by atoms with E-state index in [9.17, 15) is 37.6 Å². The van der Waals surface area contributed by atoms with E-state index in [0.717, 1.165) is 55.9 Å². The lowest BCUT2D eigenvalue weighted by Crippen LogP contribution is -2.58. The van der Waals surface area contributed by atoms with E-state index in [0.29, 0.717) is 37.3 Å². The number of alkyl halides is 3. The molecule has 3 aliphatic heterocycles. The molecule has 3 saturated heterocycles. The van der Waals surface area contributed by atoms with Crippen molar-refractivity contribution >= 4 is 52.5 Å². The zero-order chi connectivity index (χ0) is 41.2. The fourth-order valence-electron chi connectivity index (χ4n) is 8.67. The van der Waals surface area contributed by atoms with Crippen LogP contribution in [0.2, 0.25) is 0 Å². The van der Waals surface area contributed by atoms with Gasteiger partial charge in [0.05, 0.1) is 41.5 Å². The average molecular weight is 811 g/mol. The number of pyridine rings is 1. The van der Waals surface area contributed by atoms with Crippen LogP contribution in [0.15, 0.2) is 36.5 Å². The highest BCUT2D eigenvalue weighted by Crippen LogP contribution is 2.41. The van der Waals surface area contributed by atoms with Crippen LogP contribution in [0.4, 0.5) is 24.7 Å². The zero-order valence-electron chi connectivity index (χ0n) is 32.6. The number of rotatable bonds is 11. The van der Waals surface area contributed by atoms with Gasteiger partial charge in [-0.3, -0.25) is 34.3 Å². The van der Waals surface area contributed by atoms with Crippen LogP contribution in [-0.4, -0.2) is 111 Å². The fraction of sp³-hybridized carbons (Fsp3) is 0.575. The van der Waals surface area contributed by atoms with Gasteiger partial charge in [-0.2, -0.15) is 18.4 Å². The predicted molar refractivity (Wildman–Crippen MR) is 209 cm³/mol. The molecule has 13 nitrogen and oxygen atoms in total. The summed E-state index contributed by atoms with van der Waals surface area (Å²) in [4.78, 5) is 62.2. The molecule has 2 aromatic rings. The maximum Gasteiger partial charge on any atom is 0.417 e. The molecule has 2 N–H and O–H groups in total. The molecule has 0 spiro atoms. The average Bonchev–Trinajstić information content (AvgIpc) is 3.33. The first-order valence-electron chi connectivity index (χ1n) is 19.5. The first kappa shape index (κ1) is 42.1. The van der Waals surface area contributed by atoms with E-state index < -0.39 is 34.7 Å². The highest BCUT2D eigenvalue weighted by atomic mass is 32.1. The standard InChI is InChI=1S/C40H49F3N8O5S/c1-24-21-48(22-25(2)49(24)23-35(53)46-33-14-7-27(20-45-33)31-13-15-34(52)47-36(31)54)16-5-17-56-30-11-9-28(10-12-30)51-38(57)50(37(55)39(51,3)4)29-8-6-26(19-44)32(18-29)40(41,42)43/h6-8,14,18,20,24-25,28,30-31H,5,9-13,15-17,21-23H2,1-4H3,(H,45,46,53)(H,47,52,54)/t24-,25+,28?,30?,31?. The van der Waals surface area contributed by atoms with E-state index >= 15 is 0 Å². The van der Waals surface area contributed by atoms with Crippen LogP contribution in [0.5, 0.6) is 0 Å². The van der Waals surface area contributed by atoms with Crippen molar-refractivity contribution < 1.29 is 37.1 Å². The van der Waals surface area contributed by atoms with E-state index in [1.54, 1.807) is 38.2 Å². The third-order valence-electron chi connectivity index (χ3n) is 11.6. The summed E-state index contributed by atoms with van der Waals surface area (Å²) in [6, 6.07) is 8.44. The van der Waals surface area contributed by atoms with Gasteiger partial charge in [-0.05, 0) is 108 Å². The second-order valence-corrected chi connectivity index (χ2v) is 16.4. The molecule has 1 aromatic heterocycles. The normalized spacial score (nSPS) is 26.0. The van der Waals surface area contributed by atoms with Crippen molar-refractivity contribution in [3.05, 3.63) is 53.2 Å². The smallest absolute Gasteiger partial charge is 0.378 e. The van der Waals surface area contributed by atoms with Gasteiger partial charge in [0.25, 0.3) is 5.91 Å². The van der Waals surface area contributed by atoms with Crippen molar-refractivity contribution in [1.29, 1.82) is 5.26 Å². The predicted octanol–water partition coefficient (Wildman–Crippen LogP) is 4.96. The number of halogens is 3. The number of carbonyl (C=O) groups excluding carboxylic acids is 4. The molecule has 306 valence electrons. The molecule has 4 aliphatic rings. The van der Waals surface area contributed by atoms with Crippen LogP contribution in [0.25, 0.3) is 0 Å². The Kier molecular flexibility index (Phi) is 12.7. The molecule has 0 bridgehead atoms. The van der Waals surface area contributed by atoms with E-state index in [2.05, 4.69) is 39.3 Å². The van der Waals surface area contributed by atoms with Gasteiger partial charge in [0, 0.05) is 57.0 Å². The summed E-state index contributed by atoms with van der Waals surface area (Å²) in [6.45, 7) is 11.0. The number of amides is 4. The molecule has 6 rings (SSSR count). The second kappa shape index (κ2) is 17.2. The Morgan fingerprint density at radius 1 is 1.07 bits per heavy atom. The lowest BCUT2D eigenvalue weighted by Gasteiger charge is -2.44. The Labute approximate surface area is 335 Å². The lowest BCUT2D eigenvalue weighted by atomic mass is 9.89. The van der Waals surface area contributed by atoms with Gasteiger partial charge < -0.3 is 19.9 Å². The Morgan fingerprint density at radius 2 is 1.77 bits per heavy atom. The number of nitriles is 1. The molecule has 4 fully saturated rings. The highest BCUT2D eigenvalue weighted by molar-refractivity contribution is 7.80. The van der Waals surface area contributed by atoms with Crippen molar-refractivity contribution in [2.75, 3.05) is 43.0 Å². The molecule has 1 aliphatic carbocycles. The van der Waals surface area contributed by atoms with E-state index in [1.165, 1.54) is 6.07 Å². The first-order chi connectivity index (χ1) is 27.0. The summed E-state index contributed by atoms with van der Waals surface area (Å²) in [5, 5.41) is 14.6. The van der Waals surface area contributed by atoms with E-state index in [-0.39, 0.29) is 65.7 Å². The van der Waals surface area contributed by atoms with Gasteiger partial charge in [-0.15, -0.1) is 0 Å². The fourth-order valence-corrected chi connectivity index (χ4v) is 9.23. The number of nitrogens with zero attached hydrogens (tertiary/aromatic N) is 6. The number of piperidine rings is 1. The summed E-state index contributed by atoms with van der Waals surface area (Å²) < 4.78 is 47.4. The van der Waals surface area contributed by atoms with Crippen molar-refractivity contribution in [3.63, 3.8) is 0 Å². The number of piperazine rings is 1. The molecule has 4 heterocycles. The van der Waals surface area contributed by atoms with Gasteiger partial charge >= 0.3 is 6.18 Å². The van der Waals surface area contributed by atoms with Crippen molar-refractivity contribution in [1.82, 2.24) is 25.0 Å². The first-order valence-corrected chi connectivity index (χ1v) is 19.9. The van der Waals surface area contributed by atoms with Gasteiger partial charge in [0.1, 0.15) is 11.4 Å². The molecule has 17 heteroatoms. The Hall–Kier alpha value is -4.50. The molecule has 0 radical (unpaired) electrons.